The molecule has 0 bridgehead atoms. The number of ether oxygens (including phenoxy) is 3. The molecule has 2 heterocycles. The van der Waals surface area contributed by atoms with Crippen molar-refractivity contribution in [3.05, 3.63) is 71.4 Å². The van der Waals surface area contributed by atoms with E-state index in [0.29, 0.717) is 12.8 Å². The normalized spacial score (nSPS) is 21.5. The number of hydrogen-bond acceptors (Lipinski definition) is 18. The molecule has 2 rings (SSSR count). The van der Waals surface area contributed by atoms with Crippen molar-refractivity contribution in [3.8, 4) is 0 Å². The lowest BCUT2D eigenvalue weighted by Gasteiger charge is -2.21. The van der Waals surface area contributed by atoms with Gasteiger partial charge in [0.05, 0.1) is 31.5 Å². The van der Waals surface area contributed by atoms with Crippen molar-refractivity contribution in [2.75, 3.05) is 25.6 Å². The Morgan fingerprint density at radius 1 is 0.786 bits per heavy atom. The van der Waals surface area contributed by atoms with E-state index in [1.165, 1.54) is 43.9 Å². The van der Waals surface area contributed by atoms with Gasteiger partial charge >= 0.3 is 33.3 Å². The molecule has 1 saturated heterocycles. The predicted octanol–water partition coefficient (Wildman–Crippen LogP) is 6.16. The summed E-state index contributed by atoms with van der Waals surface area (Å²) in [7, 11) is -11.0. The van der Waals surface area contributed by atoms with Crippen molar-refractivity contribution in [1.29, 1.82) is 0 Å². The average Bonchev–Trinajstić information content (AvgIpc) is 3.58. The summed E-state index contributed by atoms with van der Waals surface area (Å²) in [4.78, 5) is 61.8. The minimum Gasteiger partial charge on any atom is -0.462 e. The van der Waals surface area contributed by atoms with Crippen molar-refractivity contribution < 1.29 is 81.6 Å². The first-order valence-corrected chi connectivity index (χ1v) is 27.4. The Morgan fingerprint density at radius 3 is 2.04 bits per heavy atom. The maximum Gasteiger partial charge on any atom is 0.481 e. The zero-order valence-electron chi connectivity index (χ0n) is 40.8. The van der Waals surface area contributed by atoms with Gasteiger partial charge in [-0.25, -0.2) is 13.9 Å². The van der Waals surface area contributed by atoms with Crippen LogP contribution in [0, 0.1) is 5.92 Å². The molecule has 9 N–H and O–H groups in total. The molecule has 70 heavy (non-hydrogen) atoms. The molecule has 0 aliphatic carbocycles. The monoisotopic (exact) mass is 1040 g/mol. The fraction of sp³-hybridized carbons (Fsp3) is 0.702. The van der Waals surface area contributed by atoms with Crippen LogP contribution >= 0.6 is 15.6 Å². The minimum atomic E-state index is -5.51. The molecule has 0 aromatic carbocycles. The van der Waals surface area contributed by atoms with E-state index in [-0.39, 0.29) is 31.5 Å². The molecule has 1 fully saturated rings. The highest BCUT2D eigenvalue weighted by Gasteiger charge is 2.46. The molecule has 0 saturated carbocycles. The van der Waals surface area contributed by atoms with E-state index in [1.807, 2.05) is 0 Å². The number of aliphatic hydroxyl groups is 5. The summed E-state index contributed by atoms with van der Waals surface area (Å²) in [5.74, 6) is -0.905. The lowest BCUT2D eigenvalue weighted by Crippen LogP contribution is -2.36. The first kappa shape index (κ1) is 62.7. The van der Waals surface area contributed by atoms with Crippen LogP contribution in [0.25, 0.3) is 0 Å². The SMILES string of the molecule is CCCCC[C@H](O)/C=C/C=C\C=C\C=C\[C@H](O)[C@@H](O)CCCC(=O)O[C@H](COC(=O)CCCCCCCCCCC(C)CC)COP(=O)(O)OP(=O)(O)OC[C@H]1O[C@@H](n2ccc(N)nc2=O)[C@H](O)[C@@H]1O. The van der Waals surface area contributed by atoms with Gasteiger partial charge in [0, 0.05) is 19.0 Å². The molecule has 1 aromatic heterocycles. The summed E-state index contributed by atoms with van der Waals surface area (Å²) in [5.41, 5.74) is 4.55. The molecule has 11 atom stereocenters. The van der Waals surface area contributed by atoms with Gasteiger partial charge < -0.3 is 55.3 Å². The number of nitrogens with zero attached hydrogens (tertiary/aromatic N) is 2. The van der Waals surface area contributed by atoms with E-state index >= 15 is 0 Å². The maximum absolute atomic E-state index is 12.9. The van der Waals surface area contributed by atoms with E-state index < -0.39 is 102 Å². The number of anilines is 1. The first-order chi connectivity index (χ1) is 33.3. The van der Waals surface area contributed by atoms with E-state index in [9.17, 15) is 58.8 Å². The Hall–Kier alpha value is -3.40. The third kappa shape index (κ3) is 27.4. The maximum atomic E-state index is 12.9. The first-order valence-electron chi connectivity index (χ1n) is 24.4. The second-order valence-electron chi connectivity index (χ2n) is 17.4. The fourth-order valence-corrected chi connectivity index (χ4v) is 9.08. The van der Waals surface area contributed by atoms with E-state index in [1.54, 1.807) is 36.5 Å². The van der Waals surface area contributed by atoms with Crippen LogP contribution in [-0.2, 0) is 46.3 Å². The number of nitrogens with two attached hydrogens (primary N) is 1. The number of unbranched alkanes of at least 4 members (excludes halogenated alkanes) is 9. The number of allylic oxidation sites excluding steroid dienone is 6. The second kappa shape index (κ2) is 34.9. The summed E-state index contributed by atoms with van der Waals surface area (Å²) >= 11 is 0. The molecule has 1 aliphatic heterocycles. The van der Waals surface area contributed by atoms with Crippen molar-refractivity contribution in [2.45, 2.75) is 185 Å². The summed E-state index contributed by atoms with van der Waals surface area (Å²) in [6.07, 6.45) is 17.2. The van der Waals surface area contributed by atoms with Crippen molar-refractivity contribution in [2.24, 2.45) is 5.92 Å². The van der Waals surface area contributed by atoms with Gasteiger partial charge in [0.15, 0.2) is 12.3 Å². The topological polar surface area (TPSA) is 326 Å². The van der Waals surface area contributed by atoms with Gasteiger partial charge in [0.1, 0.15) is 30.7 Å². The van der Waals surface area contributed by atoms with E-state index in [0.717, 1.165) is 68.0 Å². The van der Waals surface area contributed by atoms with Gasteiger partial charge in [0.2, 0.25) is 0 Å². The predicted molar refractivity (Wildman–Crippen MR) is 261 cm³/mol. The van der Waals surface area contributed by atoms with Crippen LogP contribution in [0.5, 0.6) is 0 Å². The molecule has 21 nitrogen and oxygen atoms in total. The molecular formula is C47H79N3O18P2. The van der Waals surface area contributed by atoms with Crippen molar-refractivity contribution in [1.82, 2.24) is 9.55 Å². The number of esters is 2. The molecule has 0 spiro atoms. The Labute approximate surface area is 411 Å². The fourth-order valence-electron chi connectivity index (χ4n) is 6.97. The van der Waals surface area contributed by atoms with Crippen LogP contribution in [-0.4, -0.2) is 119 Å². The Morgan fingerprint density at radius 2 is 1.39 bits per heavy atom. The number of phosphoric acid groups is 2. The minimum absolute atomic E-state index is 0.0307. The van der Waals surface area contributed by atoms with Crippen LogP contribution < -0.4 is 11.4 Å². The number of phosphoric ester groups is 2. The number of carbonyl (C=O) groups is 2. The van der Waals surface area contributed by atoms with Gasteiger partial charge in [-0.05, 0) is 37.7 Å². The molecule has 0 amide bonds. The highest BCUT2D eigenvalue weighted by molar-refractivity contribution is 7.61. The van der Waals surface area contributed by atoms with Crippen molar-refractivity contribution in [3.63, 3.8) is 0 Å². The Bertz CT molecular complexity index is 1930. The summed E-state index contributed by atoms with van der Waals surface area (Å²) in [6, 6.07) is 1.22. The number of nitrogen functional groups attached to an aromatic ring is 1. The molecule has 1 aliphatic rings. The highest BCUT2D eigenvalue weighted by Crippen LogP contribution is 2.60. The molecular weight excluding hydrogens is 956 g/mol. The van der Waals surface area contributed by atoms with Gasteiger partial charge in [-0.1, -0.05) is 146 Å². The average molecular weight is 1040 g/mol. The molecule has 3 unspecified atom stereocenters. The van der Waals surface area contributed by atoms with E-state index in [2.05, 4.69) is 30.1 Å². The lowest BCUT2D eigenvalue weighted by atomic mass is 9.99. The third-order valence-electron chi connectivity index (χ3n) is 11.3. The van der Waals surface area contributed by atoms with Crippen LogP contribution in [0.15, 0.2) is 65.7 Å². The summed E-state index contributed by atoms with van der Waals surface area (Å²) < 4.78 is 56.4. The zero-order chi connectivity index (χ0) is 52.0. The molecule has 23 heteroatoms. The highest BCUT2D eigenvalue weighted by atomic mass is 31.3. The molecule has 1 aromatic rings. The van der Waals surface area contributed by atoms with Crippen LogP contribution in [0.3, 0.4) is 0 Å². The lowest BCUT2D eigenvalue weighted by molar-refractivity contribution is -0.161. The van der Waals surface area contributed by atoms with Crippen molar-refractivity contribution >= 4 is 33.4 Å². The number of aliphatic hydroxyl groups excluding tert-OH is 5. The van der Waals surface area contributed by atoms with E-state index in [4.69, 9.17) is 29.0 Å². The Balaban J connectivity index is 1.92. The van der Waals surface area contributed by atoms with Gasteiger partial charge in [-0.2, -0.15) is 9.29 Å². The standard InChI is InChI=1S/C47H79N3O18P2/c1-4-6-17-24-36(51)25-19-14-11-12-15-20-26-38(52)39(53)27-22-29-43(55)66-37(32-63-42(54)28-21-16-10-8-7-9-13-18-23-35(3)5-2)33-64-69(59,60)68-70(61,62)65-34-40-44(56)45(57)46(67-40)50-31-30-41(48)49-47(50)58/h11-12,14-15,19-20,25-26,30-31,35-40,44-46,51-53,56-57H,4-10,13,16-18,21-24,27-29,32-34H2,1-3H3,(H,59,60)(H,61,62)(H2,48,49,58)/b14-11-,15-12+,25-19+,26-20+/t35?,36-,37+,38-,39-,40+,44+,45+,46+/m0/s1. The van der Waals surface area contributed by atoms with Crippen LogP contribution in [0.1, 0.15) is 143 Å². The van der Waals surface area contributed by atoms with Gasteiger partial charge in [-0.15, -0.1) is 0 Å². The summed E-state index contributed by atoms with van der Waals surface area (Å²) in [6.45, 7) is 3.96. The second-order valence-corrected chi connectivity index (χ2v) is 20.5. The van der Waals surface area contributed by atoms with Crippen LogP contribution in [0.2, 0.25) is 0 Å². The number of carbonyl (C=O) groups excluding carboxylic acids is 2. The Kier molecular flexibility index (Phi) is 31.2. The third-order valence-corrected chi connectivity index (χ3v) is 13.9. The smallest absolute Gasteiger partial charge is 0.462 e. The zero-order valence-corrected chi connectivity index (χ0v) is 42.6. The number of aromatic nitrogens is 2. The van der Waals surface area contributed by atoms with Crippen LogP contribution in [0.4, 0.5) is 5.82 Å². The quantitative estimate of drug-likeness (QED) is 0.0159. The molecule has 0 radical (unpaired) electrons. The largest absolute Gasteiger partial charge is 0.481 e. The number of hydrogen-bond donors (Lipinski definition) is 8. The van der Waals surface area contributed by atoms with Gasteiger partial charge in [0.25, 0.3) is 0 Å². The number of rotatable bonds is 38. The molecule has 400 valence electrons. The summed E-state index contributed by atoms with van der Waals surface area (Å²) in [5, 5.41) is 51.6. The van der Waals surface area contributed by atoms with Gasteiger partial charge in [-0.3, -0.25) is 23.2 Å².